The summed E-state index contributed by atoms with van der Waals surface area (Å²) < 4.78 is 3.00. The Morgan fingerprint density at radius 1 is 1.61 bits per heavy atom. The molecule has 0 bridgehead atoms. The highest BCUT2D eigenvalue weighted by molar-refractivity contribution is 9.10. The molecule has 1 N–H and O–H groups in total. The van der Waals surface area contributed by atoms with Gasteiger partial charge in [-0.1, -0.05) is 15.9 Å². The van der Waals surface area contributed by atoms with Crippen LogP contribution in [0.15, 0.2) is 22.7 Å². The van der Waals surface area contributed by atoms with Crippen molar-refractivity contribution in [1.82, 2.24) is 9.55 Å². The Kier molecular flexibility index (Phi) is 2.32. The second-order valence-corrected chi connectivity index (χ2v) is 6.06. The topological polar surface area (TPSA) is 55.1 Å². The molecule has 2 unspecified atom stereocenters. The summed E-state index contributed by atoms with van der Waals surface area (Å²) in [5.74, 6) is 0.153. The Morgan fingerprint density at radius 3 is 2.94 bits per heavy atom. The van der Waals surface area contributed by atoms with E-state index >= 15 is 0 Å². The first-order valence-electron chi connectivity index (χ1n) is 5.79. The number of carbonyl (C=O) groups is 1. The molecule has 3 rings (SSSR count). The molecule has 2 aromatic rings. The molecular weight excluding hydrogens is 296 g/mol. The minimum Gasteiger partial charge on any atom is -0.481 e. The minimum atomic E-state index is -0.735. The highest BCUT2D eigenvalue weighted by atomic mass is 79.9. The van der Waals surface area contributed by atoms with Gasteiger partial charge in [0.2, 0.25) is 0 Å². The van der Waals surface area contributed by atoms with Gasteiger partial charge in [0.1, 0.15) is 5.82 Å². The summed E-state index contributed by atoms with van der Waals surface area (Å²) in [4.78, 5) is 15.8. The Morgan fingerprint density at radius 2 is 2.33 bits per heavy atom. The molecule has 4 nitrogen and oxygen atoms in total. The summed E-state index contributed by atoms with van der Waals surface area (Å²) in [5.41, 5.74) is 1.29. The fraction of sp³-hybridized carbons (Fsp3) is 0.385. The zero-order valence-electron chi connectivity index (χ0n) is 10.1. The third kappa shape index (κ3) is 1.50. The van der Waals surface area contributed by atoms with Crippen LogP contribution in [-0.4, -0.2) is 20.6 Å². The molecule has 2 atom stereocenters. The molecular formula is C13H13BrN2O2. The zero-order chi connectivity index (χ0) is 13.1. The van der Waals surface area contributed by atoms with Crippen molar-refractivity contribution in [2.75, 3.05) is 0 Å². The largest absolute Gasteiger partial charge is 0.481 e. The standard InChI is InChI=1S/C13H13BrN2O2/c1-13(12(17)18)6-8(13)11-15-9-4-3-7(14)5-10(9)16(11)2/h3-5,8H,6H2,1-2H3,(H,17,18). The van der Waals surface area contributed by atoms with E-state index in [-0.39, 0.29) is 5.92 Å². The summed E-state index contributed by atoms with van der Waals surface area (Å²) in [6, 6.07) is 5.90. The van der Waals surface area contributed by atoms with Crippen LogP contribution in [0.3, 0.4) is 0 Å². The van der Waals surface area contributed by atoms with Crippen LogP contribution in [0.4, 0.5) is 0 Å². The maximum Gasteiger partial charge on any atom is 0.310 e. The molecule has 1 heterocycles. The summed E-state index contributed by atoms with van der Waals surface area (Å²) in [7, 11) is 1.94. The molecule has 1 fully saturated rings. The van der Waals surface area contributed by atoms with Gasteiger partial charge < -0.3 is 9.67 Å². The van der Waals surface area contributed by atoms with Crippen LogP contribution >= 0.6 is 15.9 Å². The molecule has 0 saturated heterocycles. The van der Waals surface area contributed by atoms with Gasteiger partial charge in [-0.2, -0.15) is 0 Å². The van der Waals surface area contributed by atoms with Crippen LogP contribution in [0.2, 0.25) is 0 Å². The molecule has 1 aliphatic rings. The number of fused-ring (bicyclic) bond motifs is 1. The number of aryl methyl sites for hydroxylation is 1. The number of nitrogens with zero attached hydrogens (tertiary/aromatic N) is 2. The van der Waals surface area contributed by atoms with E-state index in [9.17, 15) is 9.90 Å². The van der Waals surface area contributed by atoms with E-state index in [0.717, 1.165) is 21.3 Å². The number of hydrogen-bond acceptors (Lipinski definition) is 2. The van der Waals surface area contributed by atoms with E-state index in [1.54, 1.807) is 6.92 Å². The van der Waals surface area contributed by atoms with Gasteiger partial charge >= 0.3 is 5.97 Å². The van der Waals surface area contributed by atoms with Crippen molar-refractivity contribution < 1.29 is 9.90 Å². The number of aromatic nitrogens is 2. The summed E-state index contributed by atoms with van der Waals surface area (Å²) >= 11 is 3.44. The molecule has 0 radical (unpaired) electrons. The molecule has 5 heteroatoms. The van der Waals surface area contributed by atoms with E-state index < -0.39 is 11.4 Å². The molecule has 1 aromatic carbocycles. The van der Waals surface area contributed by atoms with Gasteiger partial charge in [-0.3, -0.25) is 4.79 Å². The predicted molar refractivity (Wildman–Crippen MR) is 71.5 cm³/mol. The van der Waals surface area contributed by atoms with Gasteiger partial charge in [0, 0.05) is 17.4 Å². The van der Waals surface area contributed by atoms with E-state index in [0.29, 0.717) is 6.42 Å². The van der Waals surface area contributed by atoms with Gasteiger partial charge in [-0.25, -0.2) is 4.98 Å². The lowest BCUT2D eigenvalue weighted by Gasteiger charge is -2.05. The van der Waals surface area contributed by atoms with Gasteiger partial charge in [0.15, 0.2) is 0 Å². The molecule has 1 aromatic heterocycles. The second kappa shape index (κ2) is 3.57. The molecule has 0 amide bonds. The molecule has 0 spiro atoms. The van der Waals surface area contributed by atoms with Crippen molar-refractivity contribution in [3.63, 3.8) is 0 Å². The van der Waals surface area contributed by atoms with E-state index in [1.807, 2.05) is 29.8 Å². The summed E-state index contributed by atoms with van der Waals surface area (Å²) in [6.45, 7) is 1.79. The van der Waals surface area contributed by atoms with Gasteiger partial charge in [-0.15, -0.1) is 0 Å². The van der Waals surface area contributed by atoms with Crippen molar-refractivity contribution in [3.05, 3.63) is 28.5 Å². The second-order valence-electron chi connectivity index (χ2n) is 5.14. The lowest BCUT2D eigenvalue weighted by atomic mass is 10.1. The van der Waals surface area contributed by atoms with Crippen LogP contribution in [0, 0.1) is 5.41 Å². The van der Waals surface area contributed by atoms with Crippen molar-refractivity contribution in [2.24, 2.45) is 12.5 Å². The molecule has 0 aliphatic heterocycles. The number of carboxylic acid groups (broad SMARTS) is 1. The number of imidazole rings is 1. The lowest BCUT2D eigenvalue weighted by molar-refractivity contribution is -0.142. The number of benzene rings is 1. The Balaban J connectivity index is 2.10. The summed E-state index contributed by atoms with van der Waals surface area (Å²) in [6.07, 6.45) is 0.667. The maximum atomic E-state index is 11.2. The van der Waals surface area contributed by atoms with Crippen molar-refractivity contribution in [1.29, 1.82) is 0 Å². The van der Waals surface area contributed by atoms with Crippen LogP contribution in [-0.2, 0) is 11.8 Å². The lowest BCUT2D eigenvalue weighted by Crippen LogP contribution is -2.13. The van der Waals surface area contributed by atoms with Crippen molar-refractivity contribution >= 4 is 32.9 Å². The normalized spacial score (nSPS) is 26.5. The van der Waals surface area contributed by atoms with Crippen LogP contribution in [0.25, 0.3) is 11.0 Å². The number of halogens is 1. The van der Waals surface area contributed by atoms with Crippen LogP contribution in [0.5, 0.6) is 0 Å². The summed E-state index contributed by atoms with van der Waals surface area (Å²) in [5, 5.41) is 9.21. The van der Waals surface area contributed by atoms with Gasteiger partial charge in [0.05, 0.1) is 16.4 Å². The molecule has 1 aliphatic carbocycles. The maximum absolute atomic E-state index is 11.2. The number of rotatable bonds is 2. The molecule has 18 heavy (non-hydrogen) atoms. The van der Waals surface area contributed by atoms with Gasteiger partial charge in [-0.05, 0) is 31.5 Å². The molecule has 94 valence electrons. The highest BCUT2D eigenvalue weighted by Crippen LogP contribution is 2.58. The smallest absolute Gasteiger partial charge is 0.310 e. The first-order chi connectivity index (χ1) is 8.43. The van der Waals surface area contributed by atoms with Gasteiger partial charge in [0.25, 0.3) is 0 Å². The Labute approximate surface area is 113 Å². The first kappa shape index (κ1) is 11.7. The average Bonchev–Trinajstić information content (AvgIpc) is 2.90. The van der Waals surface area contributed by atoms with E-state index in [1.165, 1.54) is 0 Å². The van der Waals surface area contributed by atoms with Crippen molar-refractivity contribution in [3.8, 4) is 0 Å². The monoisotopic (exact) mass is 308 g/mol. The fourth-order valence-electron chi connectivity index (χ4n) is 2.47. The minimum absolute atomic E-state index is 0.0196. The SMILES string of the molecule is Cn1c(C2CC2(C)C(=O)O)nc2ccc(Br)cc21. The van der Waals surface area contributed by atoms with Crippen molar-refractivity contribution in [2.45, 2.75) is 19.3 Å². The highest BCUT2D eigenvalue weighted by Gasteiger charge is 2.59. The Bertz CT molecular complexity index is 664. The third-order valence-corrected chi connectivity index (χ3v) is 4.41. The van der Waals surface area contributed by atoms with E-state index in [2.05, 4.69) is 20.9 Å². The molecule has 1 saturated carbocycles. The number of aliphatic carboxylic acids is 1. The van der Waals surface area contributed by atoms with Crippen LogP contribution < -0.4 is 0 Å². The first-order valence-corrected chi connectivity index (χ1v) is 6.58. The Hall–Kier alpha value is -1.36. The predicted octanol–water partition coefficient (Wildman–Crippen LogP) is 2.91. The number of hydrogen-bond donors (Lipinski definition) is 1. The zero-order valence-corrected chi connectivity index (χ0v) is 11.7. The van der Waals surface area contributed by atoms with E-state index in [4.69, 9.17) is 0 Å². The van der Waals surface area contributed by atoms with Crippen LogP contribution in [0.1, 0.15) is 25.1 Å². The fourth-order valence-corrected chi connectivity index (χ4v) is 2.82. The quantitative estimate of drug-likeness (QED) is 0.928. The average molecular weight is 309 g/mol. The number of carboxylic acids is 1. The third-order valence-electron chi connectivity index (χ3n) is 3.91.